The van der Waals surface area contributed by atoms with Crippen molar-refractivity contribution >= 4 is 0 Å². The molecule has 1 aromatic carbocycles. The molecule has 0 atom stereocenters. The number of furan rings is 1. The van der Waals surface area contributed by atoms with Crippen LogP contribution < -0.4 is 0 Å². The van der Waals surface area contributed by atoms with E-state index in [1.807, 2.05) is 25.1 Å². The van der Waals surface area contributed by atoms with Crippen molar-refractivity contribution in [1.29, 1.82) is 0 Å². The van der Waals surface area contributed by atoms with Gasteiger partial charge < -0.3 is 4.42 Å². The maximum Gasteiger partial charge on any atom is 0.134 e. The Hall–Kier alpha value is -1.50. The molecule has 0 fully saturated rings. The summed E-state index contributed by atoms with van der Waals surface area (Å²) in [6.45, 7) is 8.66. The Bertz CT molecular complexity index is 472. The van der Waals surface area contributed by atoms with E-state index in [4.69, 9.17) is 4.42 Å². The predicted molar refractivity (Wildman–Crippen MR) is 67.6 cm³/mol. The van der Waals surface area contributed by atoms with Gasteiger partial charge in [-0.15, -0.1) is 0 Å². The first kappa shape index (κ1) is 11.0. The predicted octanol–water partition coefficient (Wildman–Crippen LogP) is 4.55. The van der Waals surface area contributed by atoms with Crippen molar-refractivity contribution in [3.05, 3.63) is 47.7 Å². The van der Waals surface area contributed by atoms with Gasteiger partial charge in [0.25, 0.3) is 0 Å². The van der Waals surface area contributed by atoms with Crippen LogP contribution in [0.25, 0.3) is 11.3 Å². The van der Waals surface area contributed by atoms with Crippen molar-refractivity contribution in [2.24, 2.45) is 0 Å². The highest BCUT2D eigenvalue weighted by Crippen LogP contribution is 2.32. The molecule has 1 heteroatoms. The fourth-order valence-corrected chi connectivity index (χ4v) is 1.97. The number of hydrogen-bond donors (Lipinski definition) is 0. The van der Waals surface area contributed by atoms with Crippen LogP contribution in [0.5, 0.6) is 0 Å². The Morgan fingerprint density at radius 1 is 1.00 bits per heavy atom. The lowest BCUT2D eigenvalue weighted by molar-refractivity contribution is 0.515. The molecular formula is C15H18O. The van der Waals surface area contributed by atoms with Gasteiger partial charge in [0.05, 0.1) is 0 Å². The molecule has 16 heavy (non-hydrogen) atoms. The van der Waals surface area contributed by atoms with E-state index in [1.54, 1.807) is 0 Å². The number of hydrogen-bond acceptors (Lipinski definition) is 1. The summed E-state index contributed by atoms with van der Waals surface area (Å²) in [5, 5.41) is 0. The molecule has 0 aliphatic rings. The smallest absolute Gasteiger partial charge is 0.134 e. The summed E-state index contributed by atoms with van der Waals surface area (Å²) in [5.74, 6) is 1.98. The minimum absolute atomic E-state index is 0.139. The summed E-state index contributed by atoms with van der Waals surface area (Å²) in [5.41, 5.74) is 2.56. The minimum atomic E-state index is 0.139. The van der Waals surface area contributed by atoms with Crippen LogP contribution >= 0.6 is 0 Å². The highest BCUT2D eigenvalue weighted by Gasteiger charge is 2.20. The summed E-state index contributed by atoms with van der Waals surface area (Å²) in [6.07, 6.45) is 0. The molecule has 84 valence electrons. The topological polar surface area (TPSA) is 13.1 Å². The zero-order chi connectivity index (χ0) is 11.8. The molecule has 0 amide bonds. The highest BCUT2D eigenvalue weighted by molar-refractivity contribution is 5.59. The minimum Gasteiger partial charge on any atom is -0.461 e. The second-order valence-electron chi connectivity index (χ2n) is 5.20. The highest BCUT2D eigenvalue weighted by atomic mass is 16.3. The van der Waals surface area contributed by atoms with Crippen LogP contribution in [0.3, 0.4) is 0 Å². The molecule has 0 aliphatic heterocycles. The molecule has 1 aromatic heterocycles. The van der Waals surface area contributed by atoms with Crippen LogP contribution in [0.1, 0.15) is 32.1 Å². The monoisotopic (exact) mass is 214 g/mol. The van der Waals surface area contributed by atoms with E-state index in [0.717, 1.165) is 17.1 Å². The Morgan fingerprint density at radius 3 is 2.12 bits per heavy atom. The zero-order valence-electron chi connectivity index (χ0n) is 10.4. The van der Waals surface area contributed by atoms with Crippen molar-refractivity contribution in [1.82, 2.24) is 0 Å². The molecule has 2 rings (SSSR count). The van der Waals surface area contributed by atoms with Crippen LogP contribution in [0.2, 0.25) is 0 Å². The molecular weight excluding hydrogens is 196 g/mol. The molecule has 0 bridgehead atoms. The molecule has 2 aromatic rings. The van der Waals surface area contributed by atoms with E-state index >= 15 is 0 Å². The van der Waals surface area contributed by atoms with Crippen molar-refractivity contribution < 1.29 is 4.42 Å². The molecule has 0 aliphatic carbocycles. The van der Waals surface area contributed by atoms with Gasteiger partial charge in [-0.1, -0.05) is 51.1 Å². The number of benzene rings is 1. The first-order valence-corrected chi connectivity index (χ1v) is 5.65. The van der Waals surface area contributed by atoms with E-state index in [2.05, 4.69) is 39.0 Å². The fourth-order valence-electron chi connectivity index (χ4n) is 1.97. The van der Waals surface area contributed by atoms with Crippen LogP contribution in [-0.4, -0.2) is 0 Å². The van der Waals surface area contributed by atoms with Crippen LogP contribution in [0.4, 0.5) is 0 Å². The zero-order valence-corrected chi connectivity index (χ0v) is 10.4. The lowest BCUT2D eigenvalue weighted by Gasteiger charge is -2.16. The second-order valence-corrected chi connectivity index (χ2v) is 5.20. The van der Waals surface area contributed by atoms with Gasteiger partial charge in [-0.3, -0.25) is 0 Å². The summed E-state index contributed by atoms with van der Waals surface area (Å²) in [6, 6.07) is 12.4. The molecule has 0 N–H and O–H groups in total. The summed E-state index contributed by atoms with van der Waals surface area (Å²) >= 11 is 0. The van der Waals surface area contributed by atoms with E-state index in [0.29, 0.717) is 0 Å². The Kier molecular flexibility index (Phi) is 2.63. The van der Waals surface area contributed by atoms with E-state index in [-0.39, 0.29) is 5.41 Å². The third-order valence-electron chi connectivity index (χ3n) is 2.78. The van der Waals surface area contributed by atoms with Crippen molar-refractivity contribution in [3.63, 3.8) is 0 Å². The normalized spacial score (nSPS) is 11.8. The van der Waals surface area contributed by atoms with E-state index in [9.17, 15) is 0 Å². The molecule has 1 nitrogen and oxygen atoms in total. The third-order valence-corrected chi connectivity index (χ3v) is 2.78. The second kappa shape index (κ2) is 3.82. The van der Waals surface area contributed by atoms with Crippen molar-refractivity contribution in [2.75, 3.05) is 0 Å². The van der Waals surface area contributed by atoms with Gasteiger partial charge in [-0.05, 0) is 24.0 Å². The van der Waals surface area contributed by atoms with Gasteiger partial charge in [0, 0.05) is 5.56 Å². The van der Waals surface area contributed by atoms with Gasteiger partial charge >= 0.3 is 0 Å². The standard InChI is InChI=1S/C15H18O/c1-11-13(15(2,3)4)10-14(16-11)12-8-6-5-7-9-12/h5-10H,1-4H3. The average Bonchev–Trinajstić information content (AvgIpc) is 2.61. The third kappa shape index (κ3) is 2.04. The van der Waals surface area contributed by atoms with E-state index < -0.39 is 0 Å². The maximum atomic E-state index is 5.83. The first-order chi connectivity index (χ1) is 7.48. The number of rotatable bonds is 1. The average molecular weight is 214 g/mol. The summed E-state index contributed by atoms with van der Waals surface area (Å²) in [7, 11) is 0. The van der Waals surface area contributed by atoms with Crippen LogP contribution in [-0.2, 0) is 5.41 Å². The van der Waals surface area contributed by atoms with Gasteiger partial charge in [0.2, 0.25) is 0 Å². The molecule has 0 saturated heterocycles. The van der Waals surface area contributed by atoms with Gasteiger partial charge in [0.1, 0.15) is 11.5 Å². The van der Waals surface area contributed by atoms with Crippen LogP contribution in [0, 0.1) is 6.92 Å². The fraction of sp³-hybridized carbons (Fsp3) is 0.333. The lowest BCUT2D eigenvalue weighted by Crippen LogP contribution is -2.10. The SMILES string of the molecule is Cc1oc(-c2ccccc2)cc1C(C)(C)C. The van der Waals surface area contributed by atoms with Gasteiger partial charge in [0.15, 0.2) is 0 Å². The Morgan fingerprint density at radius 2 is 1.62 bits per heavy atom. The van der Waals surface area contributed by atoms with Crippen molar-refractivity contribution in [2.45, 2.75) is 33.1 Å². The molecule has 0 unspecified atom stereocenters. The summed E-state index contributed by atoms with van der Waals surface area (Å²) in [4.78, 5) is 0. The molecule has 0 saturated carbocycles. The molecule has 0 radical (unpaired) electrons. The maximum absolute atomic E-state index is 5.83. The molecule has 1 heterocycles. The largest absolute Gasteiger partial charge is 0.461 e. The first-order valence-electron chi connectivity index (χ1n) is 5.65. The van der Waals surface area contributed by atoms with Gasteiger partial charge in [-0.2, -0.15) is 0 Å². The van der Waals surface area contributed by atoms with E-state index in [1.165, 1.54) is 5.56 Å². The van der Waals surface area contributed by atoms with Gasteiger partial charge in [-0.25, -0.2) is 0 Å². The Balaban J connectivity index is 2.47. The summed E-state index contributed by atoms with van der Waals surface area (Å²) < 4.78 is 5.83. The quantitative estimate of drug-likeness (QED) is 0.678. The molecule has 0 spiro atoms. The van der Waals surface area contributed by atoms with Crippen LogP contribution in [0.15, 0.2) is 40.8 Å². The van der Waals surface area contributed by atoms with Crippen molar-refractivity contribution in [3.8, 4) is 11.3 Å². The Labute approximate surface area is 97.1 Å². The lowest BCUT2D eigenvalue weighted by atomic mass is 9.87. The number of aryl methyl sites for hydroxylation is 1.